The van der Waals surface area contributed by atoms with E-state index >= 15 is 0 Å². The smallest absolute Gasteiger partial charge is 0.246 e. The summed E-state index contributed by atoms with van der Waals surface area (Å²) < 4.78 is 10.5. The van der Waals surface area contributed by atoms with E-state index in [1.165, 1.54) is 0 Å². The highest BCUT2D eigenvalue weighted by molar-refractivity contribution is 5.77. The highest BCUT2D eigenvalue weighted by Crippen LogP contribution is 2.18. The third-order valence-corrected chi connectivity index (χ3v) is 3.02. The van der Waals surface area contributed by atoms with Crippen molar-refractivity contribution in [3.05, 3.63) is 0 Å². The van der Waals surface area contributed by atoms with Crippen molar-refractivity contribution in [1.29, 1.82) is 0 Å². The second-order valence-electron chi connectivity index (χ2n) is 4.08. The molecule has 0 radical (unpaired) electrons. The summed E-state index contributed by atoms with van der Waals surface area (Å²) in [6, 6.07) is 0. The Morgan fingerprint density at radius 3 is 2.47 bits per heavy atom. The van der Waals surface area contributed by atoms with Crippen LogP contribution < -0.4 is 11.1 Å². The van der Waals surface area contributed by atoms with Gasteiger partial charge in [-0.25, -0.2) is 0 Å². The van der Waals surface area contributed by atoms with Gasteiger partial charge in [-0.15, -0.1) is 0 Å². The summed E-state index contributed by atoms with van der Waals surface area (Å²) >= 11 is 0. The highest BCUT2D eigenvalue weighted by atomic mass is 16.5. The quantitative estimate of drug-likeness (QED) is 0.556. The lowest BCUT2D eigenvalue weighted by Crippen LogP contribution is -2.42. The van der Waals surface area contributed by atoms with Crippen LogP contribution in [0.2, 0.25) is 0 Å². The molecule has 0 heterocycles. The Balaban J connectivity index is 3.81. The van der Waals surface area contributed by atoms with Crippen molar-refractivity contribution in [3.63, 3.8) is 0 Å². The van der Waals surface area contributed by atoms with Crippen LogP contribution >= 0.6 is 0 Å². The maximum atomic E-state index is 11.5. The van der Waals surface area contributed by atoms with Crippen LogP contribution in [0, 0.1) is 0 Å². The molecular formula is C12H26N2O3. The Kier molecular flexibility index (Phi) is 9.03. The maximum absolute atomic E-state index is 11.5. The monoisotopic (exact) mass is 246 g/mol. The zero-order valence-corrected chi connectivity index (χ0v) is 11.3. The molecule has 1 amide bonds. The fourth-order valence-electron chi connectivity index (χ4n) is 1.52. The van der Waals surface area contributed by atoms with Gasteiger partial charge in [0.25, 0.3) is 0 Å². The van der Waals surface area contributed by atoms with Crippen LogP contribution in [0.4, 0.5) is 0 Å². The number of carbonyl (C=O) groups is 1. The van der Waals surface area contributed by atoms with Gasteiger partial charge >= 0.3 is 0 Å². The molecule has 17 heavy (non-hydrogen) atoms. The van der Waals surface area contributed by atoms with Crippen LogP contribution in [-0.2, 0) is 14.3 Å². The first kappa shape index (κ1) is 16.4. The van der Waals surface area contributed by atoms with Crippen molar-refractivity contribution < 1.29 is 14.3 Å². The predicted octanol–water partition coefficient (Wildman–Crippen LogP) is 0.673. The number of nitrogens with two attached hydrogens (primary N) is 1. The summed E-state index contributed by atoms with van der Waals surface area (Å²) in [5, 5.41) is 2.78. The summed E-state index contributed by atoms with van der Waals surface area (Å²) in [6.45, 7) is 5.82. The lowest BCUT2D eigenvalue weighted by Gasteiger charge is -2.30. The van der Waals surface area contributed by atoms with E-state index in [2.05, 4.69) is 5.32 Å². The minimum Gasteiger partial charge on any atom is -0.385 e. The molecule has 0 rings (SSSR count). The number of hydrogen-bond donors (Lipinski definition) is 2. The average molecular weight is 246 g/mol. The molecule has 0 aromatic heterocycles. The van der Waals surface area contributed by atoms with Crippen LogP contribution in [0.15, 0.2) is 0 Å². The average Bonchev–Trinajstić information content (AvgIpc) is 2.37. The summed E-state index contributed by atoms with van der Waals surface area (Å²) in [6.07, 6.45) is 2.44. The number of carbonyl (C=O) groups excluding carboxylic acids is 1. The molecule has 0 aromatic rings. The normalized spacial score (nSPS) is 11.5. The molecule has 102 valence electrons. The third-order valence-electron chi connectivity index (χ3n) is 3.02. The van der Waals surface area contributed by atoms with Gasteiger partial charge in [-0.05, 0) is 19.3 Å². The van der Waals surface area contributed by atoms with Gasteiger partial charge in [-0.3, -0.25) is 4.79 Å². The van der Waals surface area contributed by atoms with E-state index < -0.39 is 0 Å². The van der Waals surface area contributed by atoms with Crippen LogP contribution in [0.3, 0.4) is 0 Å². The molecule has 0 bridgehead atoms. The Morgan fingerprint density at radius 2 is 2.00 bits per heavy atom. The molecule has 5 heteroatoms. The van der Waals surface area contributed by atoms with Crippen molar-refractivity contribution >= 4 is 5.91 Å². The van der Waals surface area contributed by atoms with Crippen molar-refractivity contribution in [2.75, 3.05) is 33.4 Å². The second kappa shape index (κ2) is 9.39. The molecule has 0 unspecified atom stereocenters. The lowest BCUT2D eigenvalue weighted by atomic mass is 9.97. The van der Waals surface area contributed by atoms with Crippen LogP contribution in [-0.4, -0.2) is 44.9 Å². The molecule has 0 saturated carbocycles. The SMILES string of the molecule is CCC(CC)(CN)OCC(=O)NCCCOC. The Morgan fingerprint density at radius 1 is 1.35 bits per heavy atom. The maximum Gasteiger partial charge on any atom is 0.246 e. The first-order valence-corrected chi connectivity index (χ1v) is 6.23. The Hall–Kier alpha value is -0.650. The molecule has 0 spiro atoms. The van der Waals surface area contributed by atoms with Crippen molar-refractivity contribution in [2.24, 2.45) is 5.73 Å². The van der Waals surface area contributed by atoms with E-state index in [1.807, 2.05) is 13.8 Å². The predicted molar refractivity (Wildman–Crippen MR) is 67.8 cm³/mol. The van der Waals surface area contributed by atoms with Crippen molar-refractivity contribution in [3.8, 4) is 0 Å². The fourth-order valence-corrected chi connectivity index (χ4v) is 1.52. The molecule has 0 aliphatic rings. The van der Waals surface area contributed by atoms with E-state index in [9.17, 15) is 4.79 Å². The van der Waals surface area contributed by atoms with Crippen molar-refractivity contribution in [1.82, 2.24) is 5.32 Å². The number of amides is 1. The van der Waals surface area contributed by atoms with Gasteiger partial charge in [-0.1, -0.05) is 13.8 Å². The van der Waals surface area contributed by atoms with Gasteiger partial charge in [0.2, 0.25) is 5.91 Å². The molecule has 0 saturated heterocycles. The first-order valence-electron chi connectivity index (χ1n) is 6.23. The molecule has 0 aromatic carbocycles. The van der Waals surface area contributed by atoms with Crippen LogP contribution in [0.5, 0.6) is 0 Å². The molecular weight excluding hydrogens is 220 g/mol. The van der Waals surface area contributed by atoms with Crippen LogP contribution in [0.1, 0.15) is 33.1 Å². The van der Waals surface area contributed by atoms with E-state index in [1.54, 1.807) is 7.11 Å². The number of ether oxygens (including phenoxy) is 2. The number of nitrogens with one attached hydrogen (secondary N) is 1. The van der Waals surface area contributed by atoms with E-state index in [0.29, 0.717) is 19.7 Å². The van der Waals surface area contributed by atoms with Gasteiger partial charge in [0.1, 0.15) is 6.61 Å². The summed E-state index contributed by atoms with van der Waals surface area (Å²) in [4.78, 5) is 11.5. The van der Waals surface area contributed by atoms with Crippen molar-refractivity contribution in [2.45, 2.75) is 38.7 Å². The zero-order valence-electron chi connectivity index (χ0n) is 11.3. The number of rotatable bonds is 10. The van der Waals surface area contributed by atoms with E-state index in [-0.39, 0.29) is 18.1 Å². The van der Waals surface area contributed by atoms with Gasteiger partial charge in [0, 0.05) is 26.8 Å². The summed E-state index contributed by atoms with van der Waals surface area (Å²) in [5.41, 5.74) is 5.32. The standard InChI is InChI=1S/C12H26N2O3/c1-4-12(5-2,10-13)17-9-11(15)14-7-6-8-16-3/h4-10,13H2,1-3H3,(H,14,15). The molecule has 0 aliphatic carbocycles. The van der Waals surface area contributed by atoms with Gasteiger partial charge in [0.15, 0.2) is 0 Å². The topological polar surface area (TPSA) is 73.6 Å². The van der Waals surface area contributed by atoms with Crippen LogP contribution in [0.25, 0.3) is 0 Å². The zero-order chi connectivity index (χ0) is 13.1. The molecule has 3 N–H and O–H groups in total. The largest absolute Gasteiger partial charge is 0.385 e. The second-order valence-corrected chi connectivity index (χ2v) is 4.08. The minimum atomic E-state index is -0.357. The Bertz CT molecular complexity index is 198. The number of methoxy groups -OCH3 is 1. The minimum absolute atomic E-state index is 0.0753. The Labute approximate surface area is 104 Å². The number of hydrogen-bond acceptors (Lipinski definition) is 4. The van der Waals surface area contributed by atoms with E-state index in [0.717, 1.165) is 19.3 Å². The molecule has 0 fully saturated rings. The lowest BCUT2D eigenvalue weighted by molar-refractivity contribution is -0.133. The highest BCUT2D eigenvalue weighted by Gasteiger charge is 2.25. The first-order chi connectivity index (χ1) is 8.14. The van der Waals surface area contributed by atoms with Gasteiger partial charge < -0.3 is 20.5 Å². The summed E-state index contributed by atoms with van der Waals surface area (Å²) in [5.74, 6) is -0.0965. The summed E-state index contributed by atoms with van der Waals surface area (Å²) in [7, 11) is 1.64. The van der Waals surface area contributed by atoms with E-state index in [4.69, 9.17) is 15.2 Å². The van der Waals surface area contributed by atoms with Gasteiger partial charge in [0.05, 0.1) is 5.60 Å². The third kappa shape index (κ3) is 6.61. The fraction of sp³-hybridized carbons (Fsp3) is 0.917. The van der Waals surface area contributed by atoms with Gasteiger partial charge in [-0.2, -0.15) is 0 Å². The molecule has 0 atom stereocenters. The molecule has 0 aliphatic heterocycles. The molecule has 5 nitrogen and oxygen atoms in total.